The molecule has 1 saturated heterocycles. The van der Waals surface area contributed by atoms with Crippen LogP contribution in [0.5, 0.6) is 0 Å². The average molecular weight is 284 g/mol. The van der Waals surface area contributed by atoms with Crippen molar-refractivity contribution < 1.29 is 17.9 Å². The Hall–Kier alpha value is -1.63. The Balaban J connectivity index is 2.05. The summed E-state index contributed by atoms with van der Waals surface area (Å²) < 4.78 is 27.5. The molecule has 1 aliphatic heterocycles. The maximum absolute atomic E-state index is 11.5. The van der Waals surface area contributed by atoms with Gasteiger partial charge in [0.15, 0.2) is 9.84 Å². The van der Waals surface area contributed by atoms with E-state index in [1.165, 1.54) is 6.20 Å². The Kier molecular flexibility index (Phi) is 4.04. The predicted molar refractivity (Wildman–Crippen MR) is 71.1 cm³/mol. The van der Waals surface area contributed by atoms with Crippen molar-refractivity contribution in [1.82, 2.24) is 4.98 Å². The highest BCUT2D eigenvalue weighted by Crippen LogP contribution is 2.15. The lowest BCUT2D eigenvalue weighted by Crippen LogP contribution is -2.40. The second-order valence-electron chi connectivity index (χ2n) is 4.26. The van der Waals surface area contributed by atoms with Gasteiger partial charge in [0.05, 0.1) is 23.7 Å². The van der Waals surface area contributed by atoms with Crippen LogP contribution in [0.4, 0.5) is 5.82 Å². The number of pyridine rings is 1. The topological polar surface area (TPSA) is 76.6 Å². The van der Waals surface area contributed by atoms with E-state index in [4.69, 9.17) is 4.74 Å². The molecule has 0 bridgehead atoms. The Labute approximate surface area is 112 Å². The molecule has 0 spiro atoms. The third kappa shape index (κ3) is 3.44. The summed E-state index contributed by atoms with van der Waals surface area (Å²) in [6.07, 6.45) is 1.45. The van der Waals surface area contributed by atoms with Crippen LogP contribution in [0.15, 0.2) is 18.3 Å². The molecule has 1 fully saturated rings. The van der Waals surface area contributed by atoms with E-state index in [-0.39, 0.29) is 11.5 Å². The van der Waals surface area contributed by atoms with Crippen molar-refractivity contribution in [2.45, 2.75) is 6.92 Å². The summed E-state index contributed by atoms with van der Waals surface area (Å²) in [5.41, 5.74) is 0.398. The normalized spacial score (nSPS) is 18.1. The fourth-order valence-corrected chi connectivity index (χ4v) is 3.05. The zero-order valence-corrected chi connectivity index (χ0v) is 11.5. The molecule has 0 amide bonds. The third-order valence-electron chi connectivity index (χ3n) is 2.93. The Morgan fingerprint density at radius 1 is 1.37 bits per heavy atom. The highest BCUT2D eigenvalue weighted by molar-refractivity contribution is 7.91. The highest BCUT2D eigenvalue weighted by Gasteiger charge is 2.22. The number of ether oxygens (including phenoxy) is 1. The van der Waals surface area contributed by atoms with E-state index >= 15 is 0 Å². The molecule has 0 unspecified atom stereocenters. The van der Waals surface area contributed by atoms with Gasteiger partial charge in [0.2, 0.25) is 0 Å². The minimum absolute atomic E-state index is 0.147. The van der Waals surface area contributed by atoms with Gasteiger partial charge in [-0.1, -0.05) is 0 Å². The van der Waals surface area contributed by atoms with Crippen LogP contribution in [-0.2, 0) is 14.6 Å². The third-order valence-corrected chi connectivity index (χ3v) is 4.54. The van der Waals surface area contributed by atoms with E-state index in [2.05, 4.69) is 4.98 Å². The number of anilines is 1. The first-order valence-electron chi connectivity index (χ1n) is 6.10. The first kappa shape index (κ1) is 13.8. The number of carbonyl (C=O) groups excluding carboxylic acids is 1. The van der Waals surface area contributed by atoms with Crippen molar-refractivity contribution >= 4 is 21.6 Å². The smallest absolute Gasteiger partial charge is 0.339 e. The van der Waals surface area contributed by atoms with Crippen LogP contribution >= 0.6 is 0 Å². The number of hydrogen-bond donors (Lipinski definition) is 0. The molecule has 0 atom stereocenters. The van der Waals surface area contributed by atoms with Crippen LogP contribution < -0.4 is 4.90 Å². The molecule has 19 heavy (non-hydrogen) atoms. The van der Waals surface area contributed by atoms with E-state index in [1.807, 2.05) is 4.90 Å². The number of aromatic nitrogens is 1. The van der Waals surface area contributed by atoms with Gasteiger partial charge >= 0.3 is 5.97 Å². The zero-order valence-electron chi connectivity index (χ0n) is 10.7. The quantitative estimate of drug-likeness (QED) is 0.752. The molecule has 1 aromatic rings. The van der Waals surface area contributed by atoms with Gasteiger partial charge in [0, 0.05) is 19.3 Å². The van der Waals surface area contributed by atoms with Gasteiger partial charge < -0.3 is 9.64 Å². The van der Waals surface area contributed by atoms with Crippen molar-refractivity contribution in [3.63, 3.8) is 0 Å². The summed E-state index contributed by atoms with van der Waals surface area (Å²) in [5.74, 6) is 0.577. The molecule has 0 aliphatic carbocycles. The van der Waals surface area contributed by atoms with E-state index in [0.717, 1.165) is 0 Å². The molecular weight excluding hydrogens is 268 g/mol. The fourth-order valence-electron chi connectivity index (χ4n) is 1.85. The van der Waals surface area contributed by atoms with Gasteiger partial charge in [-0.3, -0.25) is 0 Å². The molecule has 1 aromatic heterocycles. The van der Waals surface area contributed by atoms with E-state index in [9.17, 15) is 13.2 Å². The van der Waals surface area contributed by atoms with Crippen LogP contribution in [0, 0.1) is 0 Å². The standard InChI is InChI=1S/C12H16N2O4S/c1-2-18-12(15)10-3-4-11(13-9-10)14-5-7-19(16,17)8-6-14/h3-4,9H,2,5-8H2,1H3. The van der Waals surface area contributed by atoms with Gasteiger partial charge in [0.25, 0.3) is 0 Å². The lowest BCUT2D eigenvalue weighted by molar-refractivity contribution is 0.0526. The second kappa shape index (κ2) is 5.56. The molecule has 0 aromatic carbocycles. The minimum atomic E-state index is -2.90. The molecular formula is C12H16N2O4S. The van der Waals surface area contributed by atoms with Gasteiger partial charge in [0.1, 0.15) is 5.82 Å². The second-order valence-corrected chi connectivity index (χ2v) is 6.57. The molecule has 0 N–H and O–H groups in total. The number of rotatable bonds is 3. The zero-order chi connectivity index (χ0) is 13.9. The van der Waals surface area contributed by atoms with Crippen LogP contribution in [0.2, 0.25) is 0 Å². The summed E-state index contributed by atoms with van der Waals surface area (Å²) in [5, 5.41) is 0. The molecule has 7 heteroatoms. The van der Waals surface area contributed by atoms with Crippen molar-refractivity contribution in [3.8, 4) is 0 Å². The summed E-state index contributed by atoms with van der Waals surface area (Å²) >= 11 is 0. The first-order valence-corrected chi connectivity index (χ1v) is 7.92. The van der Waals surface area contributed by atoms with Crippen molar-refractivity contribution in [2.24, 2.45) is 0 Å². The Morgan fingerprint density at radius 2 is 2.05 bits per heavy atom. The van der Waals surface area contributed by atoms with Gasteiger partial charge in [-0.2, -0.15) is 0 Å². The molecule has 2 rings (SSSR count). The summed E-state index contributed by atoms with van der Waals surface area (Å²) in [6.45, 7) is 2.95. The van der Waals surface area contributed by atoms with E-state index < -0.39 is 15.8 Å². The molecule has 0 radical (unpaired) electrons. The summed E-state index contributed by atoms with van der Waals surface area (Å²) in [7, 11) is -2.90. The van der Waals surface area contributed by atoms with Crippen LogP contribution in [0.25, 0.3) is 0 Å². The monoisotopic (exact) mass is 284 g/mol. The van der Waals surface area contributed by atoms with Crippen molar-refractivity contribution in [1.29, 1.82) is 0 Å². The van der Waals surface area contributed by atoms with Crippen molar-refractivity contribution in [3.05, 3.63) is 23.9 Å². The predicted octanol–water partition coefficient (Wildman–Crippen LogP) is 0.493. The summed E-state index contributed by atoms with van der Waals surface area (Å²) in [6, 6.07) is 3.35. The van der Waals surface area contributed by atoms with Crippen LogP contribution in [0.1, 0.15) is 17.3 Å². The molecule has 104 valence electrons. The maximum atomic E-state index is 11.5. The molecule has 2 heterocycles. The Bertz CT molecular complexity index is 540. The number of carbonyl (C=O) groups is 1. The number of nitrogens with zero attached hydrogens (tertiary/aromatic N) is 2. The lowest BCUT2D eigenvalue weighted by Gasteiger charge is -2.27. The molecule has 0 saturated carbocycles. The highest BCUT2D eigenvalue weighted by atomic mass is 32.2. The number of esters is 1. The van der Waals surface area contributed by atoms with Gasteiger partial charge in [-0.05, 0) is 19.1 Å². The van der Waals surface area contributed by atoms with Crippen LogP contribution in [0.3, 0.4) is 0 Å². The van der Waals surface area contributed by atoms with Gasteiger partial charge in [-0.25, -0.2) is 18.2 Å². The SMILES string of the molecule is CCOC(=O)c1ccc(N2CCS(=O)(=O)CC2)nc1. The maximum Gasteiger partial charge on any atom is 0.339 e. The average Bonchev–Trinajstić information content (AvgIpc) is 2.39. The first-order chi connectivity index (χ1) is 9.02. The minimum Gasteiger partial charge on any atom is -0.462 e. The van der Waals surface area contributed by atoms with Gasteiger partial charge in [-0.15, -0.1) is 0 Å². The molecule has 1 aliphatic rings. The lowest BCUT2D eigenvalue weighted by atomic mass is 10.3. The number of hydrogen-bond acceptors (Lipinski definition) is 6. The fraction of sp³-hybridized carbons (Fsp3) is 0.500. The van der Waals surface area contributed by atoms with Crippen molar-refractivity contribution in [2.75, 3.05) is 36.1 Å². The van der Waals surface area contributed by atoms with Crippen LogP contribution in [-0.4, -0.2) is 50.6 Å². The Morgan fingerprint density at radius 3 is 2.58 bits per heavy atom. The molecule has 6 nitrogen and oxygen atoms in total. The van der Waals surface area contributed by atoms with E-state index in [0.29, 0.717) is 31.1 Å². The largest absolute Gasteiger partial charge is 0.462 e. The number of sulfone groups is 1. The van der Waals surface area contributed by atoms with E-state index in [1.54, 1.807) is 19.1 Å². The summed E-state index contributed by atoms with van der Waals surface area (Å²) in [4.78, 5) is 17.5.